The smallest absolute Gasteiger partial charge is 0.265 e. The summed E-state index contributed by atoms with van der Waals surface area (Å²) in [6.45, 7) is 1.45. The van der Waals surface area contributed by atoms with Gasteiger partial charge in [0.2, 0.25) is 11.8 Å². The van der Waals surface area contributed by atoms with E-state index in [4.69, 9.17) is 9.84 Å². The summed E-state index contributed by atoms with van der Waals surface area (Å²) in [5.41, 5.74) is 1.06. The van der Waals surface area contributed by atoms with E-state index in [1.807, 2.05) is 0 Å². The molecule has 0 aliphatic carbocycles. The van der Waals surface area contributed by atoms with Crippen molar-refractivity contribution in [3.63, 3.8) is 0 Å². The van der Waals surface area contributed by atoms with Crippen LogP contribution in [-0.4, -0.2) is 35.2 Å². The number of sulfonamides is 1. The number of nitrogens with one attached hydrogen (secondary N) is 1. The quantitative estimate of drug-likeness (QED) is 0.829. The monoisotopic (exact) mass is 312 g/mol. The molecule has 21 heavy (non-hydrogen) atoms. The number of hydrogen-bond donors (Lipinski definition) is 2. The molecule has 8 nitrogen and oxygen atoms in total. The summed E-state index contributed by atoms with van der Waals surface area (Å²) in [5, 5.41) is 9.11. The van der Waals surface area contributed by atoms with Gasteiger partial charge in [-0.1, -0.05) is 0 Å². The first-order valence-corrected chi connectivity index (χ1v) is 7.52. The molecule has 0 saturated heterocycles. The van der Waals surface area contributed by atoms with Gasteiger partial charge in [0, 0.05) is 30.7 Å². The number of hydrogen-bond acceptors (Lipinski definition) is 6. The number of ether oxygens (including phenoxy) is 1. The Hall–Kier alpha value is -2.13. The summed E-state index contributed by atoms with van der Waals surface area (Å²) in [6, 6.07) is 2.97. The van der Waals surface area contributed by atoms with Crippen molar-refractivity contribution in [3.05, 3.63) is 29.7 Å². The van der Waals surface area contributed by atoms with Gasteiger partial charge in [-0.2, -0.15) is 4.98 Å². The van der Waals surface area contributed by atoms with E-state index in [1.165, 1.54) is 23.9 Å². The fourth-order valence-electron chi connectivity index (χ4n) is 1.75. The summed E-state index contributed by atoms with van der Waals surface area (Å²) < 4.78 is 33.3. The van der Waals surface area contributed by atoms with E-state index < -0.39 is 10.0 Å². The van der Waals surface area contributed by atoms with Gasteiger partial charge in [-0.05, 0) is 13.0 Å². The minimum Gasteiger partial charge on any atom is -0.481 e. The molecule has 2 aromatic rings. The average Bonchev–Trinajstić information content (AvgIpc) is 2.79. The zero-order valence-corrected chi connectivity index (χ0v) is 12.7. The minimum atomic E-state index is -3.83. The van der Waals surface area contributed by atoms with Crippen molar-refractivity contribution in [1.82, 2.24) is 14.5 Å². The lowest BCUT2D eigenvalue weighted by Crippen LogP contribution is -2.15. The Bertz CT molecular complexity index is 755. The van der Waals surface area contributed by atoms with E-state index in [1.54, 1.807) is 20.0 Å². The number of aromatic nitrogens is 3. The largest absolute Gasteiger partial charge is 0.481 e. The number of aliphatic hydroxyl groups is 1. The van der Waals surface area contributed by atoms with Crippen LogP contribution in [0, 0.1) is 6.92 Å². The number of anilines is 1. The molecule has 2 aromatic heterocycles. The predicted octanol–water partition coefficient (Wildman–Crippen LogP) is 0.425. The highest BCUT2D eigenvalue weighted by atomic mass is 32.2. The molecule has 0 aliphatic rings. The molecule has 0 atom stereocenters. The fraction of sp³-hybridized carbons (Fsp3) is 0.333. The van der Waals surface area contributed by atoms with Crippen LogP contribution in [0.5, 0.6) is 5.88 Å². The Morgan fingerprint density at radius 1 is 1.38 bits per heavy atom. The minimum absolute atomic E-state index is 0.0260. The molecule has 0 aliphatic heterocycles. The Labute approximate surface area is 122 Å². The molecular weight excluding hydrogens is 296 g/mol. The highest BCUT2D eigenvalue weighted by Gasteiger charge is 2.19. The number of aliphatic hydroxyl groups excluding tert-OH is 1. The van der Waals surface area contributed by atoms with E-state index in [0.29, 0.717) is 11.4 Å². The van der Waals surface area contributed by atoms with Gasteiger partial charge >= 0.3 is 0 Å². The number of aryl methyl sites for hydroxylation is 2. The first-order valence-electron chi connectivity index (χ1n) is 6.04. The third-order valence-corrected chi connectivity index (χ3v) is 4.12. The van der Waals surface area contributed by atoms with Crippen LogP contribution in [0.3, 0.4) is 0 Å². The van der Waals surface area contributed by atoms with Crippen molar-refractivity contribution >= 4 is 16.0 Å². The maximum atomic E-state index is 12.3. The molecule has 9 heteroatoms. The molecule has 0 bridgehead atoms. The molecule has 114 valence electrons. The van der Waals surface area contributed by atoms with E-state index in [9.17, 15) is 8.42 Å². The van der Waals surface area contributed by atoms with Crippen LogP contribution in [-0.2, 0) is 23.7 Å². The molecule has 0 amide bonds. The highest BCUT2D eigenvalue weighted by molar-refractivity contribution is 7.92. The van der Waals surface area contributed by atoms with Crippen molar-refractivity contribution in [3.8, 4) is 5.88 Å². The zero-order chi connectivity index (χ0) is 15.6. The Morgan fingerprint density at radius 2 is 2.10 bits per heavy atom. The molecule has 2 rings (SSSR count). The van der Waals surface area contributed by atoms with Gasteiger partial charge in [0.25, 0.3) is 10.0 Å². The van der Waals surface area contributed by atoms with Gasteiger partial charge in [-0.25, -0.2) is 18.1 Å². The standard InChI is InChI=1S/C12H16N4O4S/c1-8-4-11(20-3)14-12(13-8)15-21(18,19)10-5-9(7-17)16(2)6-10/h4-6,17H,7H2,1-3H3,(H,13,14,15). The molecule has 0 fully saturated rings. The van der Waals surface area contributed by atoms with Crippen LogP contribution in [0.25, 0.3) is 0 Å². The second-order valence-electron chi connectivity index (χ2n) is 4.42. The molecule has 2 heterocycles. The van der Waals surface area contributed by atoms with Crippen LogP contribution in [0.15, 0.2) is 23.2 Å². The highest BCUT2D eigenvalue weighted by Crippen LogP contribution is 2.18. The van der Waals surface area contributed by atoms with Crippen molar-refractivity contribution in [1.29, 1.82) is 0 Å². The topological polar surface area (TPSA) is 106 Å². The van der Waals surface area contributed by atoms with E-state index in [-0.39, 0.29) is 23.3 Å². The summed E-state index contributed by atoms with van der Waals surface area (Å²) in [5.74, 6) is 0.200. The van der Waals surface area contributed by atoms with Crippen LogP contribution >= 0.6 is 0 Å². The molecule has 2 N–H and O–H groups in total. The Kier molecular flexibility index (Phi) is 4.14. The maximum Gasteiger partial charge on any atom is 0.265 e. The van der Waals surface area contributed by atoms with Gasteiger partial charge in [-0.3, -0.25) is 0 Å². The summed E-state index contributed by atoms with van der Waals surface area (Å²) >= 11 is 0. The van der Waals surface area contributed by atoms with Gasteiger partial charge in [0.05, 0.1) is 13.7 Å². The Balaban J connectivity index is 2.34. The van der Waals surface area contributed by atoms with Crippen molar-refractivity contribution in [2.24, 2.45) is 7.05 Å². The van der Waals surface area contributed by atoms with E-state index >= 15 is 0 Å². The zero-order valence-electron chi connectivity index (χ0n) is 11.9. The van der Waals surface area contributed by atoms with Crippen molar-refractivity contribution < 1.29 is 18.3 Å². The molecule has 0 unspecified atom stereocenters. The second kappa shape index (κ2) is 5.70. The van der Waals surface area contributed by atoms with Gasteiger partial charge < -0.3 is 14.4 Å². The summed E-state index contributed by atoms with van der Waals surface area (Å²) in [4.78, 5) is 7.96. The predicted molar refractivity (Wildman–Crippen MR) is 75.5 cm³/mol. The molecule has 0 aromatic carbocycles. The summed E-state index contributed by atoms with van der Waals surface area (Å²) in [7, 11) is -0.744. The lowest BCUT2D eigenvalue weighted by Gasteiger charge is -2.07. The lowest BCUT2D eigenvalue weighted by atomic mass is 10.4. The Morgan fingerprint density at radius 3 is 2.67 bits per heavy atom. The first kappa shape index (κ1) is 15.3. The van der Waals surface area contributed by atoms with Gasteiger partial charge in [0.1, 0.15) is 4.90 Å². The molecule has 0 radical (unpaired) electrons. The second-order valence-corrected chi connectivity index (χ2v) is 6.10. The fourth-order valence-corrected chi connectivity index (χ4v) is 2.79. The maximum absolute atomic E-state index is 12.3. The normalized spacial score (nSPS) is 11.4. The van der Waals surface area contributed by atoms with Gasteiger partial charge in [-0.15, -0.1) is 0 Å². The van der Waals surface area contributed by atoms with Crippen LogP contribution in [0.4, 0.5) is 5.95 Å². The van der Waals surface area contributed by atoms with Crippen LogP contribution in [0.2, 0.25) is 0 Å². The van der Waals surface area contributed by atoms with Crippen LogP contribution in [0.1, 0.15) is 11.4 Å². The number of rotatable bonds is 5. The third kappa shape index (κ3) is 3.31. The number of nitrogens with zero attached hydrogens (tertiary/aromatic N) is 3. The van der Waals surface area contributed by atoms with Crippen molar-refractivity contribution in [2.45, 2.75) is 18.4 Å². The molecular formula is C12H16N4O4S. The summed E-state index contributed by atoms with van der Waals surface area (Å²) in [6.07, 6.45) is 1.40. The van der Waals surface area contributed by atoms with E-state index in [2.05, 4.69) is 14.7 Å². The van der Waals surface area contributed by atoms with E-state index in [0.717, 1.165) is 0 Å². The first-order chi connectivity index (χ1) is 9.85. The van der Waals surface area contributed by atoms with Gasteiger partial charge in [0.15, 0.2) is 0 Å². The molecule has 0 spiro atoms. The molecule has 0 saturated carbocycles. The lowest BCUT2D eigenvalue weighted by molar-refractivity contribution is 0.272. The SMILES string of the molecule is COc1cc(C)nc(NS(=O)(=O)c2cc(CO)n(C)c2)n1. The van der Waals surface area contributed by atoms with Crippen LogP contribution < -0.4 is 9.46 Å². The third-order valence-electron chi connectivity index (χ3n) is 2.82. The van der Waals surface area contributed by atoms with Crippen molar-refractivity contribution in [2.75, 3.05) is 11.8 Å². The average molecular weight is 312 g/mol. The number of methoxy groups -OCH3 is 1.